The fraction of sp³-hybridized carbons (Fsp3) is 0.500. The van der Waals surface area contributed by atoms with E-state index >= 15 is 0 Å². The van der Waals surface area contributed by atoms with Gasteiger partial charge in [-0.25, -0.2) is 8.80 Å². The molecule has 2 nitrogen and oxygen atoms in total. The van der Waals surface area contributed by atoms with Gasteiger partial charge in [-0.05, 0) is 0 Å². The predicted molar refractivity (Wildman–Crippen MR) is 38.0 cm³/mol. The van der Waals surface area contributed by atoms with Crippen molar-refractivity contribution in [2.24, 2.45) is 8.80 Å². The second-order valence-corrected chi connectivity index (χ2v) is 1.02. The first-order valence-corrected chi connectivity index (χ1v) is 2.73. The van der Waals surface area contributed by atoms with Crippen molar-refractivity contribution in [2.75, 3.05) is 0 Å². The Morgan fingerprint density at radius 2 is 1.43 bits per heavy atom. The van der Waals surface area contributed by atoms with Gasteiger partial charge in [0.1, 0.15) is 12.1 Å². The summed E-state index contributed by atoms with van der Waals surface area (Å²) in [5.74, 6) is 0. The minimum Gasteiger partial charge on any atom is -0.210 e. The van der Waals surface area contributed by atoms with Crippen molar-refractivity contribution in [1.29, 1.82) is 0 Å². The molecular weight excluding hydrogens is 108 g/mol. The van der Waals surface area contributed by atoms with E-state index in [-0.39, 0.29) is 0 Å². The van der Waals surface area contributed by atoms with Crippen LogP contribution in [0.4, 0.5) is 0 Å². The van der Waals surface area contributed by atoms with Gasteiger partial charge in [-0.3, -0.25) is 0 Å². The van der Waals surface area contributed by atoms with Crippen LogP contribution in [-0.4, -0.2) is 13.4 Å². The summed E-state index contributed by atoms with van der Waals surface area (Å²) in [6, 6.07) is 0. The third-order valence-corrected chi connectivity index (χ3v) is 0.346. The van der Waals surface area contributed by atoms with E-state index in [4.69, 9.17) is 0 Å². The summed E-state index contributed by atoms with van der Waals surface area (Å²) in [7, 11) is 0. The molecule has 0 aromatic heterocycles. The van der Waals surface area contributed by atoms with Gasteiger partial charge in [0.25, 0.3) is 0 Å². The maximum absolute atomic E-state index is 3.29. The van der Waals surface area contributed by atoms with Crippen LogP contribution in [0.5, 0.6) is 0 Å². The van der Waals surface area contributed by atoms with Crippen molar-refractivity contribution >= 4 is 25.6 Å². The van der Waals surface area contributed by atoms with E-state index in [0.29, 0.717) is 0 Å². The van der Waals surface area contributed by atoms with Crippen LogP contribution in [0.3, 0.4) is 0 Å². The van der Waals surface area contributed by atoms with E-state index < -0.39 is 0 Å². The zero-order chi connectivity index (χ0) is 6.12. The van der Waals surface area contributed by atoms with Crippen molar-refractivity contribution < 1.29 is 0 Å². The van der Waals surface area contributed by atoms with Crippen LogP contribution in [0, 0.1) is 0 Å². The molecule has 0 amide bonds. The number of rotatable bonds is 2. The van der Waals surface area contributed by atoms with Crippen LogP contribution < -0.4 is 0 Å². The van der Waals surface area contributed by atoms with Crippen LogP contribution in [-0.2, 0) is 0 Å². The third-order valence-electron chi connectivity index (χ3n) is 0.115. The largest absolute Gasteiger partial charge is 0.210 e. The second kappa shape index (κ2) is 17.3. The average molecular weight is 118 g/mol. The fourth-order valence-electron chi connectivity index (χ4n) is 0.0408. The van der Waals surface area contributed by atoms with E-state index in [9.17, 15) is 0 Å². The Morgan fingerprint density at radius 3 is 1.43 bits per heavy atom. The van der Waals surface area contributed by atoms with Gasteiger partial charge in [-0.15, -0.1) is 0 Å². The summed E-state index contributed by atoms with van der Waals surface area (Å²) < 4.78 is 6.58. The highest BCUT2D eigenvalue weighted by atomic mass is 32.2. The van der Waals surface area contributed by atoms with Crippen LogP contribution in [0.15, 0.2) is 8.80 Å². The van der Waals surface area contributed by atoms with Gasteiger partial charge < -0.3 is 0 Å². The van der Waals surface area contributed by atoms with Gasteiger partial charge in [0.05, 0.1) is 0 Å². The molecule has 0 N–H and O–H groups in total. The third kappa shape index (κ3) is 27.1. The van der Waals surface area contributed by atoms with Gasteiger partial charge in [0.2, 0.25) is 0 Å². The minimum absolute atomic E-state index is 0.991. The molecule has 0 aromatic carbocycles. The van der Waals surface area contributed by atoms with Crippen LogP contribution in [0.1, 0.15) is 13.8 Å². The molecule has 0 radical (unpaired) electrons. The van der Waals surface area contributed by atoms with E-state index in [2.05, 4.69) is 22.2 Å². The maximum Gasteiger partial charge on any atom is 0.113 e. The molecule has 0 bridgehead atoms. The van der Waals surface area contributed by atoms with Crippen LogP contribution in [0.2, 0.25) is 0 Å². The first-order chi connectivity index (χ1) is 3.41. The Balaban J connectivity index is 0. The molecule has 0 heterocycles. The molecule has 0 aliphatic heterocycles. The lowest BCUT2D eigenvalue weighted by Crippen LogP contribution is -1.32. The highest BCUT2D eigenvalue weighted by Crippen LogP contribution is 1.95. The molecule has 0 saturated heterocycles. The fourth-order valence-corrected chi connectivity index (χ4v) is 0.122. The molecule has 0 spiro atoms. The summed E-state index contributed by atoms with van der Waals surface area (Å²) in [5.41, 5.74) is 0. The van der Waals surface area contributed by atoms with Crippen molar-refractivity contribution in [3.63, 3.8) is 0 Å². The lowest BCUT2D eigenvalue weighted by atomic mass is 11.0. The van der Waals surface area contributed by atoms with E-state index in [1.807, 2.05) is 13.8 Å². The molecule has 3 heteroatoms. The SMILES string of the molecule is C=NSN=C.CC. The second-order valence-electron chi connectivity index (χ2n) is 0.340. The highest BCUT2D eigenvalue weighted by Gasteiger charge is 1.53. The van der Waals surface area contributed by atoms with E-state index in [1.165, 1.54) is 0 Å². The Hall–Kier alpha value is -0.310. The first kappa shape index (κ1) is 9.85. The summed E-state index contributed by atoms with van der Waals surface area (Å²) in [4.78, 5) is 0. The monoisotopic (exact) mass is 118 g/mol. The Labute approximate surface area is 49.0 Å². The zero-order valence-corrected chi connectivity index (χ0v) is 5.53. The topological polar surface area (TPSA) is 24.7 Å². The summed E-state index contributed by atoms with van der Waals surface area (Å²) in [6.07, 6.45) is 0. The minimum atomic E-state index is 0.991. The molecule has 0 unspecified atom stereocenters. The van der Waals surface area contributed by atoms with E-state index in [1.54, 1.807) is 0 Å². The number of hydrogen-bond donors (Lipinski definition) is 0. The molecule has 0 atom stereocenters. The molecule has 0 aromatic rings. The molecule has 0 fully saturated rings. The summed E-state index contributed by atoms with van der Waals surface area (Å²) in [5, 5.41) is 0. The van der Waals surface area contributed by atoms with Crippen LogP contribution in [0.25, 0.3) is 0 Å². The molecule has 0 aliphatic carbocycles. The zero-order valence-electron chi connectivity index (χ0n) is 4.72. The quantitative estimate of drug-likeness (QED) is 0.402. The molecule has 0 saturated carbocycles. The molecule has 0 rings (SSSR count). The molecule has 7 heavy (non-hydrogen) atoms. The maximum atomic E-state index is 3.29. The Bertz CT molecular complexity index is 39.0. The predicted octanol–water partition coefficient (Wildman–Crippen LogP) is 1.98. The van der Waals surface area contributed by atoms with Gasteiger partial charge in [0.15, 0.2) is 0 Å². The molecule has 0 aliphatic rings. The lowest BCUT2D eigenvalue weighted by Gasteiger charge is -1.65. The van der Waals surface area contributed by atoms with Gasteiger partial charge >= 0.3 is 0 Å². The highest BCUT2D eigenvalue weighted by molar-refractivity contribution is 7.96. The normalized spacial score (nSPS) is 5.43. The van der Waals surface area contributed by atoms with Gasteiger partial charge in [-0.2, -0.15) is 0 Å². The average Bonchev–Trinajstić information content (AvgIpc) is 1.75. The van der Waals surface area contributed by atoms with E-state index in [0.717, 1.165) is 12.1 Å². The molecular formula is C4H10N2S. The van der Waals surface area contributed by atoms with Crippen molar-refractivity contribution in [3.05, 3.63) is 0 Å². The first-order valence-electron chi connectivity index (χ1n) is 2.00. The Morgan fingerprint density at radius 1 is 1.14 bits per heavy atom. The van der Waals surface area contributed by atoms with Crippen molar-refractivity contribution in [1.82, 2.24) is 0 Å². The summed E-state index contributed by atoms with van der Waals surface area (Å²) >= 11 is 0.991. The molecule has 42 valence electrons. The number of hydrogen-bond acceptors (Lipinski definition) is 3. The van der Waals surface area contributed by atoms with Gasteiger partial charge in [-0.1, -0.05) is 13.8 Å². The van der Waals surface area contributed by atoms with Gasteiger partial charge in [0, 0.05) is 13.4 Å². The smallest absolute Gasteiger partial charge is 0.113 e. The Kier molecular flexibility index (Phi) is 24.3. The standard InChI is InChI=1S/C2H4N2S.C2H6/c1-3-5-4-2;1-2/h1-2H2;1-2H3. The summed E-state index contributed by atoms with van der Waals surface area (Å²) in [6.45, 7) is 10.3. The lowest BCUT2D eigenvalue weighted by molar-refractivity contribution is 1.50. The van der Waals surface area contributed by atoms with Crippen molar-refractivity contribution in [2.45, 2.75) is 13.8 Å². The number of nitrogens with zero attached hydrogens (tertiary/aromatic N) is 2. The van der Waals surface area contributed by atoms with Crippen LogP contribution >= 0.6 is 12.1 Å². The van der Waals surface area contributed by atoms with Crippen molar-refractivity contribution in [3.8, 4) is 0 Å².